The van der Waals surface area contributed by atoms with E-state index in [1.54, 1.807) is 5.92 Å². The molecular weight excluding hydrogens is 192 g/mol. The SMILES string of the molecule is CCC[C+](CCC)c1ccc(Cl)cc1. The van der Waals surface area contributed by atoms with Gasteiger partial charge in [-0.15, -0.1) is 0 Å². The molecule has 0 fully saturated rings. The average Bonchev–Trinajstić information content (AvgIpc) is 2.19. The van der Waals surface area contributed by atoms with Crippen LogP contribution >= 0.6 is 11.6 Å². The van der Waals surface area contributed by atoms with E-state index in [4.69, 9.17) is 11.6 Å². The third-order valence-corrected chi connectivity index (χ3v) is 2.61. The maximum absolute atomic E-state index is 5.86. The Balaban J connectivity index is 2.71. The Morgan fingerprint density at radius 3 is 1.93 bits per heavy atom. The van der Waals surface area contributed by atoms with Crippen molar-refractivity contribution in [1.29, 1.82) is 0 Å². The van der Waals surface area contributed by atoms with Gasteiger partial charge in [0.2, 0.25) is 0 Å². The average molecular weight is 210 g/mol. The molecular formula is C13H18Cl+. The number of hydrogen-bond donors (Lipinski definition) is 0. The molecule has 1 heteroatoms. The Kier molecular flexibility index (Phi) is 4.89. The van der Waals surface area contributed by atoms with E-state index in [0.29, 0.717) is 0 Å². The highest BCUT2D eigenvalue weighted by molar-refractivity contribution is 6.30. The van der Waals surface area contributed by atoms with E-state index in [9.17, 15) is 0 Å². The second-order valence-electron chi connectivity index (χ2n) is 3.61. The van der Waals surface area contributed by atoms with Crippen LogP contribution in [0.2, 0.25) is 5.02 Å². The van der Waals surface area contributed by atoms with Gasteiger partial charge >= 0.3 is 0 Å². The molecule has 76 valence electrons. The molecule has 0 aliphatic carbocycles. The smallest absolute Gasteiger partial charge is 0.0818 e. The van der Waals surface area contributed by atoms with E-state index < -0.39 is 0 Å². The second kappa shape index (κ2) is 5.98. The lowest BCUT2D eigenvalue weighted by atomic mass is 9.90. The van der Waals surface area contributed by atoms with Gasteiger partial charge < -0.3 is 0 Å². The van der Waals surface area contributed by atoms with Gasteiger partial charge in [-0.3, -0.25) is 0 Å². The number of rotatable bonds is 5. The molecule has 0 aliphatic rings. The van der Waals surface area contributed by atoms with E-state index in [-0.39, 0.29) is 0 Å². The van der Waals surface area contributed by atoms with Gasteiger partial charge in [0.15, 0.2) is 0 Å². The Morgan fingerprint density at radius 2 is 1.50 bits per heavy atom. The third kappa shape index (κ3) is 3.26. The van der Waals surface area contributed by atoms with Gasteiger partial charge in [0.05, 0.1) is 5.02 Å². The van der Waals surface area contributed by atoms with Crippen LogP contribution in [-0.4, -0.2) is 0 Å². The molecule has 14 heavy (non-hydrogen) atoms. The molecule has 0 unspecified atom stereocenters. The molecule has 1 aromatic rings. The van der Waals surface area contributed by atoms with E-state index in [0.717, 1.165) is 5.02 Å². The van der Waals surface area contributed by atoms with Crippen LogP contribution in [0, 0.1) is 5.92 Å². The second-order valence-corrected chi connectivity index (χ2v) is 4.05. The van der Waals surface area contributed by atoms with Crippen molar-refractivity contribution in [3.05, 3.63) is 40.8 Å². The van der Waals surface area contributed by atoms with Gasteiger partial charge in [-0.2, -0.15) is 0 Å². The number of hydrogen-bond acceptors (Lipinski definition) is 0. The molecule has 0 aromatic heterocycles. The summed E-state index contributed by atoms with van der Waals surface area (Å²) in [5, 5.41) is 0.820. The molecule has 0 nitrogen and oxygen atoms in total. The molecule has 1 aromatic carbocycles. The highest BCUT2D eigenvalue weighted by atomic mass is 35.5. The van der Waals surface area contributed by atoms with Crippen molar-refractivity contribution in [2.45, 2.75) is 39.5 Å². The molecule has 0 N–H and O–H groups in total. The molecule has 0 bridgehead atoms. The zero-order chi connectivity index (χ0) is 10.4. The minimum Gasteiger partial charge on any atom is -0.0818 e. The van der Waals surface area contributed by atoms with E-state index in [1.165, 1.54) is 31.2 Å². The van der Waals surface area contributed by atoms with Crippen molar-refractivity contribution < 1.29 is 0 Å². The fourth-order valence-electron chi connectivity index (χ4n) is 1.70. The van der Waals surface area contributed by atoms with Crippen LogP contribution in [0.3, 0.4) is 0 Å². The van der Waals surface area contributed by atoms with Crippen molar-refractivity contribution in [3.8, 4) is 0 Å². The monoisotopic (exact) mass is 209 g/mol. The van der Waals surface area contributed by atoms with E-state index >= 15 is 0 Å². The summed E-state index contributed by atoms with van der Waals surface area (Å²) in [6.45, 7) is 4.46. The minimum atomic E-state index is 0.820. The number of benzene rings is 1. The van der Waals surface area contributed by atoms with Crippen LogP contribution in [0.15, 0.2) is 24.3 Å². The van der Waals surface area contributed by atoms with Crippen molar-refractivity contribution in [1.82, 2.24) is 0 Å². The number of halogens is 1. The van der Waals surface area contributed by atoms with E-state index in [2.05, 4.69) is 26.0 Å². The van der Waals surface area contributed by atoms with Gasteiger partial charge in [-0.05, 0) is 12.8 Å². The fraction of sp³-hybridized carbons (Fsp3) is 0.462. The molecule has 0 radical (unpaired) electrons. The first-order valence-electron chi connectivity index (χ1n) is 5.38. The van der Waals surface area contributed by atoms with Gasteiger partial charge in [-0.1, -0.05) is 25.4 Å². The summed E-state index contributed by atoms with van der Waals surface area (Å²) >= 11 is 5.86. The standard InChI is InChI=1S/C13H18Cl/c1-3-5-11(6-4-2)12-7-9-13(14)10-8-12/h7-10H,3-6H2,1-2H3/q+1. The first-order valence-corrected chi connectivity index (χ1v) is 5.76. The lowest BCUT2D eigenvalue weighted by molar-refractivity contribution is 0.721. The minimum absolute atomic E-state index is 0.820. The molecule has 0 saturated carbocycles. The van der Waals surface area contributed by atoms with Crippen LogP contribution in [0.25, 0.3) is 0 Å². The Bertz CT molecular complexity index is 244. The molecule has 1 rings (SSSR count). The molecule has 0 aliphatic heterocycles. The molecule has 0 amide bonds. The molecule has 0 atom stereocenters. The molecule has 0 saturated heterocycles. The third-order valence-electron chi connectivity index (χ3n) is 2.36. The quantitative estimate of drug-likeness (QED) is 0.608. The summed E-state index contributed by atoms with van der Waals surface area (Å²) < 4.78 is 0. The maximum atomic E-state index is 5.86. The summed E-state index contributed by atoms with van der Waals surface area (Å²) in [6, 6.07) is 8.20. The lowest BCUT2D eigenvalue weighted by Crippen LogP contribution is -1.98. The summed E-state index contributed by atoms with van der Waals surface area (Å²) in [5.74, 6) is 1.56. The predicted molar refractivity (Wildman–Crippen MR) is 63.6 cm³/mol. The highest BCUT2D eigenvalue weighted by Crippen LogP contribution is 2.26. The van der Waals surface area contributed by atoms with Crippen LogP contribution in [-0.2, 0) is 0 Å². The summed E-state index contributed by atoms with van der Waals surface area (Å²) in [4.78, 5) is 0. The Labute approximate surface area is 92.3 Å². The normalized spacial score (nSPS) is 10.2. The van der Waals surface area contributed by atoms with Gasteiger partial charge in [0.25, 0.3) is 0 Å². The van der Waals surface area contributed by atoms with Gasteiger partial charge in [-0.25, -0.2) is 0 Å². The lowest BCUT2D eigenvalue weighted by Gasteiger charge is -2.08. The van der Waals surface area contributed by atoms with E-state index in [1.807, 2.05) is 12.1 Å². The summed E-state index contributed by atoms with van der Waals surface area (Å²) in [5.41, 5.74) is 1.36. The summed E-state index contributed by atoms with van der Waals surface area (Å²) in [6.07, 6.45) is 4.85. The topological polar surface area (TPSA) is 0 Å². The zero-order valence-electron chi connectivity index (χ0n) is 9.02. The van der Waals surface area contributed by atoms with Crippen LogP contribution in [0.4, 0.5) is 0 Å². The Hall–Kier alpha value is -0.620. The predicted octanol–water partition coefficient (Wildman–Crippen LogP) is 4.86. The first kappa shape index (κ1) is 11.5. The molecule has 0 heterocycles. The Morgan fingerprint density at radius 1 is 1.00 bits per heavy atom. The van der Waals surface area contributed by atoms with Crippen molar-refractivity contribution in [3.63, 3.8) is 0 Å². The fourth-order valence-corrected chi connectivity index (χ4v) is 1.83. The molecule has 0 spiro atoms. The maximum Gasteiger partial charge on any atom is 0.132 e. The zero-order valence-corrected chi connectivity index (χ0v) is 9.77. The van der Waals surface area contributed by atoms with Crippen molar-refractivity contribution >= 4 is 11.6 Å². The van der Waals surface area contributed by atoms with Crippen LogP contribution in [0.5, 0.6) is 0 Å². The van der Waals surface area contributed by atoms with Crippen LogP contribution < -0.4 is 0 Å². The van der Waals surface area contributed by atoms with Crippen LogP contribution in [0.1, 0.15) is 45.1 Å². The highest BCUT2D eigenvalue weighted by Gasteiger charge is 2.16. The first-order chi connectivity index (χ1) is 6.77. The summed E-state index contributed by atoms with van der Waals surface area (Å²) in [7, 11) is 0. The largest absolute Gasteiger partial charge is 0.132 e. The van der Waals surface area contributed by atoms with Gasteiger partial charge in [0.1, 0.15) is 5.56 Å². The van der Waals surface area contributed by atoms with Crippen molar-refractivity contribution in [2.24, 2.45) is 0 Å². The van der Waals surface area contributed by atoms with Gasteiger partial charge in [0, 0.05) is 43.0 Å². The van der Waals surface area contributed by atoms with Crippen molar-refractivity contribution in [2.75, 3.05) is 0 Å².